The Kier molecular flexibility index (Phi) is 5.46. The molecule has 0 unspecified atom stereocenters. The number of hydrogen-bond acceptors (Lipinski definition) is 4. The summed E-state index contributed by atoms with van der Waals surface area (Å²) in [7, 11) is 0. The fraction of sp³-hybridized carbons (Fsp3) is 0.579. The smallest absolute Gasteiger partial charge is 0.251 e. The molecule has 0 atom stereocenters. The molecule has 6 heteroatoms. The van der Waals surface area contributed by atoms with Crippen LogP contribution >= 0.6 is 0 Å². The van der Waals surface area contributed by atoms with E-state index in [1.807, 2.05) is 4.90 Å². The second kappa shape index (κ2) is 7.76. The van der Waals surface area contributed by atoms with E-state index >= 15 is 0 Å². The van der Waals surface area contributed by atoms with Gasteiger partial charge in [0.15, 0.2) is 11.5 Å². The lowest BCUT2D eigenvalue weighted by molar-refractivity contribution is -0.133. The highest BCUT2D eigenvalue weighted by Crippen LogP contribution is 2.30. The Morgan fingerprint density at radius 2 is 1.84 bits per heavy atom. The highest BCUT2D eigenvalue weighted by molar-refractivity contribution is 5.95. The third kappa shape index (κ3) is 4.44. The van der Waals surface area contributed by atoms with Gasteiger partial charge >= 0.3 is 0 Å². The lowest BCUT2D eigenvalue weighted by atomic mass is 10.0. The molecule has 0 spiro atoms. The van der Waals surface area contributed by atoms with Crippen LogP contribution in [-0.4, -0.2) is 49.1 Å². The molecule has 136 valence electrons. The van der Waals surface area contributed by atoms with E-state index < -0.39 is 0 Å². The fourth-order valence-electron chi connectivity index (χ4n) is 3.20. The molecule has 0 aromatic heterocycles. The van der Waals surface area contributed by atoms with Crippen LogP contribution in [0.5, 0.6) is 11.5 Å². The highest BCUT2D eigenvalue weighted by Gasteiger charge is 2.25. The number of rotatable bonds is 4. The average molecular weight is 346 g/mol. The van der Waals surface area contributed by atoms with Gasteiger partial charge in [0.05, 0.1) is 0 Å². The Morgan fingerprint density at radius 1 is 1.16 bits per heavy atom. The molecule has 1 saturated heterocycles. The molecule has 0 bridgehead atoms. The van der Waals surface area contributed by atoms with Crippen LogP contribution in [0, 0.1) is 5.92 Å². The number of hydrogen-bond donors (Lipinski definition) is 1. The number of ether oxygens (including phenoxy) is 2. The molecule has 1 fully saturated rings. The first kappa shape index (κ1) is 17.6. The van der Waals surface area contributed by atoms with Crippen molar-refractivity contribution in [1.29, 1.82) is 0 Å². The molecule has 25 heavy (non-hydrogen) atoms. The van der Waals surface area contributed by atoms with Crippen molar-refractivity contribution in [3.05, 3.63) is 23.8 Å². The van der Waals surface area contributed by atoms with Gasteiger partial charge in [-0.05, 0) is 37.0 Å². The lowest BCUT2D eigenvalue weighted by Gasteiger charge is -2.33. The topological polar surface area (TPSA) is 67.9 Å². The molecule has 3 rings (SSSR count). The van der Waals surface area contributed by atoms with Crippen molar-refractivity contribution in [2.45, 2.75) is 39.2 Å². The minimum Gasteiger partial charge on any atom is -0.486 e. The largest absolute Gasteiger partial charge is 0.486 e. The number of carbonyl (C=O) groups excluding carboxylic acids is 2. The molecule has 2 aliphatic rings. The third-order valence-corrected chi connectivity index (χ3v) is 4.57. The van der Waals surface area contributed by atoms with E-state index in [1.165, 1.54) is 0 Å². The number of nitrogens with zero attached hydrogens (tertiary/aromatic N) is 1. The summed E-state index contributed by atoms with van der Waals surface area (Å²) >= 11 is 0. The Balaban J connectivity index is 1.52. The predicted octanol–water partition coefficient (Wildman–Crippen LogP) is 2.22. The van der Waals surface area contributed by atoms with Crippen molar-refractivity contribution in [1.82, 2.24) is 10.2 Å². The maximum absolute atomic E-state index is 12.5. The number of nitrogens with one attached hydrogen (secondary N) is 1. The van der Waals surface area contributed by atoms with Gasteiger partial charge in [0.2, 0.25) is 5.91 Å². The van der Waals surface area contributed by atoms with Gasteiger partial charge in [0.25, 0.3) is 5.91 Å². The summed E-state index contributed by atoms with van der Waals surface area (Å²) in [5.41, 5.74) is 0.572. The zero-order valence-electron chi connectivity index (χ0n) is 14.9. The monoisotopic (exact) mass is 346 g/mol. The molecular formula is C19H26N2O4. The van der Waals surface area contributed by atoms with Gasteiger partial charge < -0.3 is 19.7 Å². The summed E-state index contributed by atoms with van der Waals surface area (Å²) in [6.07, 6.45) is 2.18. The fourth-order valence-corrected chi connectivity index (χ4v) is 3.20. The first-order valence-corrected chi connectivity index (χ1v) is 9.01. The van der Waals surface area contributed by atoms with E-state index in [9.17, 15) is 9.59 Å². The molecular weight excluding hydrogens is 320 g/mol. The number of amides is 2. The number of likely N-dealkylation sites (tertiary alicyclic amines) is 1. The maximum atomic E-state index is 12.5. The third-order valence-electron chi connectivity index (χ3n) is 4.57. The van der Waals surface area contributed by atoms with Crippen molar-refractivity contribution in [2.75, 3.05) is 26.3 Å². The van der Waals surface area contributed by atoms with Crippen LogP contribution in [0.2, 0.25) is 0 Å². The van der Waals surface area contributed by atoms with Gasteiger partial charge in [-0.1, -0.05) is 13.8 Å². The van der Waals surface area contributed by atoms with Crippen LogP contribution in [0.25, 0.3) is 0 Å². The van der Waals surface area contributed by atoms with Gasteiger partial charge in [0, 0.05) is 31.1 Å². The summed E-state index contributed by atoms with van der Waals surface area (Å²) < 4.78 is 11.0. The van der Waals surface area contributed by atoms with Gasteiger partial charge in [-0.2, -0.15) is 0 Å². The molecule has 1 aromatic carbocycles. The van der Waals surface area contributed by atoms with Crippen molar-refractivity contribution < 1.29 is 19.1 Å². The molecule has 0 aliphatic carbocycles. The Bertz CT molecular complexity index is 636. The SMILES string of the molecule is CC(C)CC(=O)N1CCC(NC(=O)c2ccc3c(c2)OCCO3)CC1. The molecule has 2 heterocycles. The Labute approximate surface area is 148 Å². The van der Waals surface area contributed by atoms with E-state index in [0.29, 0.717) is 55.7 Å². The normalized spacial score (nSPS) is 17.5. The molecule has 0 radical (unpaired) electrons. The van der Waals surface area contributed by atoms with Gasteiger partial charge in [-0.3, -0.25) is 9.59 Å². The van der Waals surface area contributed by atoms with Gasteiger partial charge in [0.1, 0.15) is 13.2 Å². The van der Waals surface area contributed by atoms with Crippen molar-refractivity contribution in [3.8, 4) is 11.5 Å². The summed E-state index contributed by atoms with van der Waals surface area (Å²) in [4.78, 5) is 26.5. The van der Waals surface area contributed by atoms with Gasteiger partial charge in [-0.25, -0.2) is 0 Å². The van der Waals surface area contributed by atoms with E-state index in [4.69, 9.17) is 9.47 Å². The molecule has 2 amide bonds. The van der Waals surface area contributed by atoms with Crippen molar-refractivity contribution >= 4 is 11.8 Å². The summed E-state index contributed by atoms with van der Waals surface area (Å²) in [6.45, 7) is 6.55. The van der Waals surface area contributed by atoms with Crippen LogP contribution in [-0.2, 0) is 4.79 Å². The van der Waals surface area contributed by atoms with Crippen molar-refractivity contribution in [2.24, 2.45) is 5.92 Å². The first-order valence-electron chi connectivity index (χ1n) is 9.01. The molecule has 1 N–H and O–H groups in total. The van der Waals surface area contributed by atoms with Crippen LogP contribution < -0.4 is 14.8 Å². The number of benzene rings is 1. The Morgan fingerprint density at radius 3 is 2.52 bits per heavy atom. The van der Waals surface area contributed by atoms with E-state index in [1.54, 1.807) is 18.2 Å². The number of carbonyl (C=O) groups is 2. The number of fused-ring (bicyclic) bond motifs is 1. The lowest BCUT2D eigenvalue weighted by Crippen LogP contribution is -2.46. The minimum absolute atomic E-state index is 0.101. The van der Waals surface area contributed by atoms with Crippen LogP contribution in [0.15, 0.2) is 18.2 Å². The first-order chi connectivity index (χ1) is 12.0. The van der Waals surface area contributed by atoms with E-state index in [2.05, 4.69) is 19.2 Å². The van der Waals surface area contributed by atoms with Crippen molar-refractivity contribution in [3.63, 3.8) is 0 Å². The van der Waals surface area contributed by atoms with Crippen LogP contribution in [0.1, 0.15) is 43.5 Å². The summed E-state index contributed by atoms with van der Waals surface area (Å²) in [5.74, 6) is 1.78. The molecule has 2 aliphatic heterocycles. The standard InChI is InChI=1S/C19H26N2O4/c1-13(2)11-18(22)21-7-5-15(6-8-21)20-19(23)14-3-4-16-17(12-14)25-10-9-24-16/h3-4,12-13,15H,5-11H2,1-2H3,(H,20,23). The van der Waals surface area contributed by atoms with Crippen LogP contribution in [0.4, 0.5) is 0 Å². The van der Waals surface area contributed by atoms with E-state index in [-0.39, 0.29) is 17.9 Å². The quantitative estimate of drug-likeness (QED) is 0.908. The van der Waals surface area contributed by atoms with E-state index in [0.717, 1.165) is 12.8 Å². The minimum atomic E-state index is -0.107. The molecule has 0 saturated carbocycles. The molecule has 6 nitrogen and oxygen atoms in total. The summed E-state index contributed by atoms with van der Waals surface area (Å²) in [5, 5.41) is 3.07. The highest BCUT2D eigenvalue weighted by atomic mass is 16.6. The zero-order valence-corrected chi connectivity index (χ0v) is 14.9. The zero-order chi connectivity index (χ0) is 17.8. The second-order valence-corrected chi connectivity index (χ2v) is 7.08. The number of piperidine rings is 1. The van der Waals surface area contributed by atoms with Gasteiger partial charge in [-0.15, -0.1) is 0 Å². The predicted molar refractivity (Wildman–Crippen MR) is 94.0 cm³/mol. The average Bonchev–Trinajstić information content (AvgIpc) is 2.61. The Hall–Kier alpha value is -2.24. The maximum Gasteiger partial charge on any atom is 0.251 e. The molecule has 1 aromatic rings. The van der Waals surface area contributed by atoms with Crippen LogP contribution in [0.3, 0.4) is 0 Å². The summed E-state index contributed by atoms with van der Waals surface area (Å²) in [6, 6.07) is 5.36. The second-order valence-electron chi connectivity index (χ2n) is 7.08.